The molecule has 1 amide bonds. The monoisotopic (exact) mass is 264 g/mol. The van der Waals surface area contributed by atoms with Crippen molar-refractivity contribution >= 4 is 5.91 Å². The van der Waals surface area contributed by atoms with Gasteiger partial charge in [0.1, 0.15) is 0 Å². The molecule has 1 aliphatic carbocycles. The average molecular weight is 264 g/mol. The van der Waals surface area contributed by atoms with Crippen LogP contribution < -0.4 is 5.32 Å². The Morgan fingerprint density at radius 3 is 2.68 bits per heavy atom. The molecule has 0 aromatic carbocycles. The summed E-state index contributed by atoms with van der Waals surface area (Å²) in [5.41, 5.74) is 0. The van der Waals surface area contributed by atoms with Crippen LogP contribution in [0.1, 0.15) is 51.4 Å². The second-order valence-corrected chi connectivity index (χ2v) is 6.85. The summed E-state index contributed by atoms with van der Waals surface area (Å²) in [4.78, 5) is 14.5. The zero-order chi connectivity index (χ0) is 13.1. The summed E-state index contributed by atoms with van der Waals surface area (Å²) in [7, 11) is 0. The molecule has 0 spiro atoms. The molecule has 3 aliphatic rings. The highest BCUT2D eigenvalue weighted by atomic mass is 16.2. The van der Waals surface area contributed by atoms with Gasteiger partial charge in [-0.1, -0.05) is 32.1 Å². The Kier molecular flexibility index (Phi) is 4.42. The molecule has 2 atom stereocenters. The number of carbonyl (C=O) groups is 1. The van der Waals surface area contributed by atoms with Gasteiger partial charge in [-0.05, 0) is 43.7 Å². The average Bonchev–Trinajstić information content (AvgIpc) is 2.93. The molecule has 1 saturated carbocycles. The summed E-state index contributed by atoms with van der Waals surface area (Å²) in [5.74, 6) is 2.83. The Bertz CT molecular complexity index is 312. The Hall–Kier alpha value is -0.570. The number of rotatable bonds is 3. The molecular formula is C16H28N2O. The Balaban J connectivity index is 1.42. The third-order valence-corrected chi connectivity index (χ3v) is 5.55. The number of amides is 1. The number of fused-ring (bicyclic) bond motifs is 1. The van der Waals surface area contributed by atoms with Crippen molar-refractivity contribution in [3.8, 4) is 0 Å². The van der Waals surface area contributed by atoms with Crippen molar-refractivity contribution < 1.29 is 4.79 Å². The summed E-state index contributed by atoms with van der Waals surface area (Å²) in [6.45, 7) is 4.32. The Morgan fingerprint density at radius 1 is 1.05 bits per heavy atom. The van der Waals surface area contributed by atoms with E-state index < -0.39 is 0 Å². The molecule has 19 heavy (non-hydrogen) atoms. The third kappa shape index (κ3) is 3.31. The van der Waals surface area contributed by atoms with E-state index in [0.29, 0.717) is 5.91 Å². The van der Waals surface area contributed by atoms with Crippen LogP contribution in [-0.4, -0.2) is 37.0 Å². The lowest BCUT2D eigenvalue weighted by atomic mass is 9.85. The zero-order valence-electron chi connectivity index (χ0n) is 12.1. The smallest absolute Gasteiger partial charge is 0.222 e. The maximum absolute atomic E-state index is 12.3. The van der Waals surface area contributed by atoms with Gasteiger partial charge in [-0.3, -0.25) is 4.79 Å². The molecule has 0 aromatic rings. The van der Waals surface area contributed by atoms with Gasteiger partial charge in [0.05, 0.1) is 0 Å². The van der Waals surface area contributed by atoms with E-state index in [4.69, 9.17) is 0 Å². The van der Waals surface area contributed by atoms with E-state index >= 15 is 0 Å². The number of hydrogen-bond acceptors (Lipinski definition) is 2. The molecule has 3 heteroatoms. The maximum atomic E-state index is 12.3. The molecule has 2 aliphatic heterocycles. The van der Waals surface area contributed by atoms with Crippen LogP contribution >= 0.6 is 0 Å². The highest BCUT2D eigenvalue weighted by Gasteiger charge is 2.34. The van der Waals surface area contributed by atoms with Crippen LogP contribution in [0.5, 0.6) is 0 Å². The van der Waals surface area contributed by atoms with Crippen LogP contribution in [0.4, 0.5) is 0 Å². The lowest BCUT2D eigenvalue weighted by Crippen LogP contribution is -2.43. The second-order valence-electron chi connectivity index (χ2n) is 6.85. The molecule has 2 saturated heterocycles. The standard InChI is InChI=1S/C16H28N2O/c19-16(7-6-13-4-2-1-3-5-13)18-9-8-14-10-17-11-15(14)12-18/h13-15,17H,1-12H2. The highest BCUT2D eigenvalue weighted by Crippen LogP contribution is 2.29. The fourth-order valence-electron chi connectivity index (χ4n) is 4.22. The highest BCUT2D eigenvalue weighted by molar-refractivity contribution is 5.76. The summed E-state index contributed by atoms with van der Waals surface area (Å²) in [6, 6.07) is 0. The molecule has 3 nitrogen and oxygen atoms in total. The van der Waals surface area contributed by atoms with E-state index in [0.717, 1.165) is 50.2 Å². The van der Waals surface area contributed by atoms with Crippen molar-refractivity contribution in [1.29, 1.82) is 0 Å². The first-order chi connectivity index (χ1) is 9.33. The summed E-state index contributed by atoms with van der Waals surface area (Å²) in [6.07, 6.45) is 10.1. The lowest BCUT2D eigenvalue weighted by molar-refractivity contribution is -0.133. The van der Waals surface area contributed by atoms with Gasteiger partial charge in [-0.25, -0.2) is 0 Å². The van der Waals surface area contributed by atoms with Crippen LogP contribution in [0.15, 0.2) is 0 Å². The predicted octanol–water partition coefficient (Wildman–Crippen LogP) is 2.41. The second kappa shape index (κ2) is 6.25. The van der Waals surface area contributed by atoms with Gasteiger partial charge in [0.15, 0.2) is 0 Å². The third-order valence-electron chi connectivity index (χ3n) is 5.55. The topological polar surface area (TPSA) is 32.3 Å². The molecule has 3 rings (SSSR count). The zero-order valence-corrected chi connectivity index (χ0v) is 12.1. The minimum Gasteiger partial charge on any atom is -0.342 e. The van der Waals surface area contributed by atoms with Crippen LogP contribution in [0.25, 0.3) is 0 Å². The van der Waals surface area contributed by atoms with E-state index in [1.807, 2.05) is 0 Å². The first-order valence-corrected chi connectivity index (χ1v) is 8.31. The molecular weight excluding hydrogens is 236 g/mol. The number of nitrogens with one attached hydrogen (secondary N) is 1. The first-order valence-electron chi connectivity index (χ1n) is 8.31. The van der Waals surface area contributed by atoms with Gasteiger partial charge >= 0.3 is 0 Å². The van der Waals surface area contributed by atoms with Crippen LogP contribution in [0.3, 0.4) is 0 Å². The number of likely N-dealkylation sites (tertiary alicyclic amines) is 1. The Labute approximate surface area is 117 Å². The first kappa shape index (κ1) is 13.4. The van der Waals surface area contributed by atoms with Crippen molar-refractivity contribution in [2.75, 3.05) is 26.2 Å². The van der Waals surface area contributed by atoms with E-state index in [1.165, 1.54) is 45.1 Å². The van der Waals surface area contributed by atoms with Gasteiger partial charge in [-0.15, -0.1) is 0 Å². The largest absolute Gasteiger partial charge is 0.342 e. The molecule has 1 N–H and O–H groups in total. The van der Waals surface area contributed by atoms with Gasteiger partial charge < -0.3 is 10.2 Å². The van der Waals surface area contributed by atoms with Crippen molar-refractivity contribution in [2.24, 2.45) is 17.8 Å². The lowest BCUT2D eigenvalue weighted by Gasteiger charge is -2.35. The van der Waals surface area contributed by atoms with E-state index in [2.05, 4.69) is 10.2 Å². The van der Waals surface area contributed by atoms with E-state index in [1.54, 1.807) is 0 Å². The molecule has 0 aromatic heterocycles. The van der Waals surface area contributed by atoms with Crippen molar-refractivity contribution in [2.45, 2.75) is 51.4 Å². The van der Waals surface area contributed by atoms with Crippen LogP contribution in [0, 0.1) is 17.8 Å². The van der Waals surface area contributed by atoms with Crippen LogP contribution in [-0.2, 0) is 4.79 Å². The summed E-state index contributed by atoms with van der Waals surface area (Å²) < 4.78 is 0. The number of nitrogens with zero attached hydrogens (tertiary/aromatic N) is 1. The normalized spacial score (nSPS) is 32.3. The number of carbonyl (C=O) groups excluding carboxylic acids is 1. The van der Waals surface area contributed by atoms with Crippen molar-refractivity contribution in [3.05, 3.63) is 0 Å². The van der Waals surface area contributed by atoms with E-state index in [9.17, 15) is 4.79 Å². The molecule has 0 bridgehead atoms. The quantitative estimate of drug-likeness (QED) is 0.849. The van der Waals surface area contributed by atoms with Gasteiger partial charge in [0.25, 0.3) is 0 Å². The molecule has 2 unspecified atom stereocenters. The minimum atomic E-state index is 0.427. The summed E-state index contributed by atoms with van der Waals surface area (Å²) >= 11 is 0. The van der Waals surface area contributed by atoms with Gasteiger partial charge in [0.2, 0.25) is 5.91 Å². The molecule has 3 fully saturated rings. The van der Waals surface area contributed by atoms with Gasteiger partial charge in [-0.2, -0.15) is 0 Å². The minimum absolute atomic E-state index is 0.427. The number of piperidine rings is 1. The van der Waals surface area contributed by atoms with E-state index in [-0.39, 0.29) is 0 Å². The predicted molar refractivity (Wildman–Crippen MR) is 76.9 cm³/mol. The maximum Gasteiger partial charge on any atom is 0.222 e. The van der Waals surface area contributed by atoms with Crippen molar-refractivity contribution in [3.63, 3.8) is 0 Å². The summed E-state index contributed by atoms with van der Waals surface area (Å²) in [5, 5.41) is 3.47. The fourth-order valence-corrected chi connectivity index (χ4v) is 4.22. The number of hydrogen-bond donors (Lipinski definition) is 1. The Morgan fingerprint density at radius 2 is 1.84 bits per heavy atom. The molecule has 0 radical (unpaired) electrons. The van der Waals surface area contributed by atoms with Crippen LogP contribution in [0.2, 0.25) is 0 Å². The van der Waals surface area contributed by atoms with Crippen molar-refractivity contribution in [1.82, 2.24) is 10.2 Å². The molecule has 2 heterocycles. The SMILES string of the molecule is O=C(CCC1CCCCC1)N1CCC2CNCC2C1. The fraction of sp³-hybridized carbons (Fsp3) is 0.938. The molecule has 108 valence electrons. The van der Waals surface area contributed by atoms with Gasteiger partial charge in [0, 0.05) is 19.5 Å².